The molecule has 0 aromatic heterocycles. The van der Waals surface area contributed by atoms with Gasteiger partial charge in [0.1, 0.15) is 5.60 Å². The minimum absolute atomic E-state index is 0.309. The zero-order valence-corrected chi connectivity index (χ0v) is 12.5. The lowest BCUT2D eigenvalue weighted by atomic mass is 10.1. The fourth-order valence-corrected chi connectivity index (χ4v) is 1.64. The van der Waals surface area contributed by atoms with E-state index in [0.29, 0.717) is 6.54 Å². The van der Waals surface area contributed by atoms with E-state index in [1.54, 1.807) is 0 Å². The third-order valence-electron chi connectivity index (χ3n) is 2.52. The second kappa shape index (κ2) is 10.2. The molecule has 0 aliphatic heterocycles. The first kappa shape index (κ1) is 17.2. The maximum Gasteiger partial charge on any atom is 0.407 e. The van der Waals surface area contributed by atoms with E-state index in [4.69, 9.17) is 4.74 Å². The van der Waals surface area contributed by atoms with Gasteiger partial charge in [-0.15, -0.1) is 0 Å². The molecule has 4 nitrogen and oxygen atoms in total. The van der Waals surface area contributed by atoms with E-state index in [1.807, 2.05) is 27.8 Å². The van der Waals surface area contributed by atoms with Crippen LogP contribution >= 0.6 is 0 Å². The van der Waals surface area contributed by atoms with Crippen LogP contribution in [-0.4, -0.2) is 31.8 Å². The van der Waals surface area contributed by atoms with Crippen molar-refractivity contribution in [3.05, 3.63) is 0 Å². The van der Waals surface area contributed by atoms with E-state index < -0.39 is 5.60 Å². The van der Waals surface area contributed by atoms with Gasteiger partial charge in [0.15, 0.2) is 0 Å². The van der Waals surface area contributed by atoms with E-state index in [0.717, 1.165) is 13.0 Å². The molecule has 0 saturated heterocycles. The van der Waals surface area contributed by atoms with E-state index >= 15 is 0 Å². The number of carbonyl (C=O) groups is 1. The Hall–Kier alpha value is -0.770. The lowest BCUT2D eigenvalue weighted by Crippen LogP contribution is -2.32. The molecule has 0 bridgehead atoms. The van der Waals surface area contributed by atoms with Crippen molar-refractivity contribution in [2.75, 3.05) is 20.1 Å². The molecule has 0 aromatic rings. The Kier molecular flexibility index (Phi) is 9.74. The Morgan fingerprint density at radius 2 is 1.44 bits per heavy atom. The van der Waals surface area contributed by atoms with Crippen LogP contribution < -0.4 is 10.6 Å². The SMILES string of the molecule is CNCCCCCCCCNC(=O)OC(C)(C)C. The molecule has 0 aliphatic carbocycles. The summed E-state index contributed by atoms with van der Waals surface area (Å²) in [5.74, 6) is 0. The molecular formula is C14H30N2O2. The minimum Gasteiger partial charge on any atom is -0.444 e. The number of hydrogen-bond donors (Lipinski definition) is 2. The molecule has 0 rings (SSSR count). The van der Waals surface area contributed by atoms with Crippen molar-refractivity contribution in [1.29, 1.82) is 0 Å². The molecule has 0 aromatic carbocycles. The molecule has 18 heavy (non-hydrogen) atoms. The fourth-order valence-electron chi connectivity index (χ4n) is 1.64. The van der Waals surface area contributed by atoms with E-state index in [-0.39, 0.29) is 6.09 Å². The smallest absolute Gasteiger partial charge is 0.407 e. The van der Waals surface area contributed by atoms with Gasteiger partial charge in [-0.2, -0.15) is 0 Å². The number of nitrogens with one attached hydrogen (secondary N) is 2. The van der Waals surface area contributed by atoms with Crippen molar-refractivity contribution >= 4 is 6.09 Å². The van der Waals surface area contributed by atoms with Gasteiger partial charge in [0, 0.05) is 6.54 Å². The van der Waals surface area contributed by atoms with Crippen LogP contribution in [0.3, 0.4) is 0 Å². The van der Waals surface area contributed by atoms with Crippen molar-refractivity contribution in [3.63, 3.8) is 0 Å². The van der Waals surface area contributed by atoms with Gasteiger partial charge in [0.05, 0.1) is 0 Å². The molecular weight excluding hydrogens is 228 g/mol. The summed E-state index contributed by atoms with van der Waals surface area (Å²) in [7, 11) is 1.99. The first-order valence-electron chi connectivity index (χ1n) is 7.07. The standard InChI is InChI=1S/C14H30N2O2/c1-14(2,3)18-13(17)16-12-10-8-6-5-7-9-11-15-4/h15H,5-12H2,1-4H3,(H,16,17). The summed E-state index contributed by atoms with van der Waals surface area (Å²) in [6.45, 7) is 7.44. The molecule has 2 N–H and O–H groups in total. The molecule has 108 valence electrons. The lowest BCUT2D eigenvalue weighted by Gasteiger charge is -2.19. The van der Waals surface area contributed by atoms with Crippen LogP contribution in [0.2, 0.25) is 0 Å². The predicted molar refractivity (Wildman–Crippen MR) is 75.9 cm³/mol. The van der Waals surface area contributed by atoms with Gasteiger partial charge in [-0.3, -0.25) is 0 Å². The van der Waals surface area contributed by atoms with Crippen LogP contribution in [0.5, 0.6) is 0 Å². The summed E-state index contributed by atoms with van der Waals surface area (Å²) in [5, 5.41) is 5.93. The van der Waals surface area contributed by atoms with Gasteiger partial charge in [0.25, 0.3) is 0 Å². The summed E-state index contributed by atoms with van der Waals surface area (Å²) >= 11 is 0. The first-order chi connectivity index (χ1) is 8.45. The van der Waals surface area contributed by atoms with Crippen molar-refractivity contribution in [2.24, 2.45) is 0 Å². The van der Waals surface area contributed by atoms with Gasteiger partial charge in [0.2, 0.25) is 0 Å². The van der Waals surface area contributed by atoms with Crippen molar-refractivity contribution in [3.8, 4) is 0 Å². The molecule has 0 saturated carbocycles. The van der Waals surface area contributed by atoms with E-state index in [9.17, 15) is 4.79 Å². The summed E-state index contributed by atoms with van der Waals surface area (Å²) in [4.78, 5) is 11.3. The summed E-state index contributed by atoms with van der Waals surface area (Å²) in [6, 6.07) is 0. The van der Waals surface area contributed by atoms with Gasteiger partial charge >= 0.3 is 6.09 Å². The number of alkyl carbamates (subject to hydrolysis) is 1. The largest absolute Gasteiger partial charge is 0.444 e. The molecule has 0 atom stereocenters. The highest BCUT2D eigenvalue weighted by molar-refractivity contribution is 5.67. The molecule has 0 aliphatic rings. The van der Waals surface area contributed by atoms with E-state index in [1.165, 1.54) is 32.1 Å². The van der Waals surface area contributed by atoms with Crippen molar-refractivity contribution in [2.45, 2.75) is 64.9 Å². The van der Waals surface area contributed by atoms with Crippen LogP contribution in [0, 0.1) is 0 Å². The van der Waals surface area contributed by atoms with Crippen LogP contribution in [0.15, 0.2) is 0 Å². The monoisotopic (exact) mass is 258 g/mol. The number of rotatable bonds is 9. The summed E-state index contributed by atoms with van der Waals surface area (Å²) in [5.41, 5.74) is -0.405. The number of carbonyl (C=O) groups excluding carboxylic acids is 1. The van der Waals surface area contributed by atoms with E-state index in [2.05, 4.69) is 10.6 Å². The zero-order chi connectivity index (χ0) is 13.9. The third-order valence-corrected chi connectivity index (χ3v) is 2.52. The maximum absolute atomic E-state index is 11.3. The quantitative estimate of drug-likeness (QED) is 0.625. The summed E-state index contributed by atoms with van der Waals surface area (Å²) < 4.78 is 5.15. The first-order valence-corrected chi connectivity index (χ1v) is 7.07. The fraction of sp³-hybridized carbons (Fsp3) is 0.929. The van der Waals surface area contributed by atoms with Gasteiger partial charge < -0.3 is 15.4 Å². The topological polar surface area (TPSA) is 50.4 Å². The minimum atomic E-state index is -0.405. The molecule has 1 amide bonds. The molecule has 0 fully saturated rings. The van der Waals surface area contributed by atoms with Gasteiger partial charge in [-0.25, -0.2) is 4.79 Å². The van der Waals surface area contributed by atoms with Crippen molar-refractivity contribution in [1.82, 2.24) is 10.6 Å². The van der Waals surface area contributed by atoms with Crippen LogP contribution in [0.25, 0.3) is 0 Å². The Bertz CT molecular complexity index is 212. The third kappa shape index (κ3) is 13.3. The molecule has 0 unspecified atom stereocenters. The number of unbranched alkanes of at least 4 members (excludes halogenated alkanes) is 5. The molecule has 0 heterocycles. The second-order valence-corrected chi connectivity index (χ2v) is 5.65. The Morgan fingerprint density at radius 3 is 1.94 bits per heavy atom. The highest BCUT2D eigenvalue weighted by Crippen LogP contribution is 2.07. The molecule has 0 spiro atoms. The molecule has 0 radical (unpaired) electrons. The zero-order valence-electron chi connectivity index (χ0n) is 12.5. The lowest BCUT2D eigenvalue weighted by molar-refractivity contribution is 0.0527. The number of amides is 1. The van der Waals surface area contributed by atoms with Gasteiger partial charge in [-0.05, 0) is 47.2 Å². The number of ether oxygens (including phenoxy) is 1. The Balaban J connectivity index is 3.23. The number of hydrogen-bond acceptors (Lipinski definition) is 3. The Labute approximate surface area is 112 Å². The van der Waals surface area contributed by atoms with Crippen LogP contribution in [-0.2, 0) is 4.74 Å². The average Bonchev–Trinajstić information content (AvgIpc) is 2.24. The normalized spacial score (nSPS) is 11.3. The van der Waals surface area contributed by atoms with Gasteiger partial charge in [-0.1, -0.05) is 25.7 Å². The second-order valence-electron chi connectivity index (χ2n) is 5.65. The predicted octanol–water partition coefficient (Wildman–Crippen LogP) is 3.07. The molecule has 4 heteroatoms. The summed E-state index contributed by atoms with van der Waals surface area (Å²) in [6.07, 6.45) is 6.98. The maximum atomic E-state index is 11.3. The highest BCUT2D eigenvalue weighted by Gasteiger charge is 2.15. The van der Waals surface area contributed by atoms with Crippen molar-refractivity contribution < 1.29 is 9.53 Å². The van der Waals surface area contributed by atoms with Crippen LogP contribution in [0.4, 0.5) is 4.79 Å². The Morgan fingerprint density at radius 1 is 0.944 bits per heavy atom. The van der Waals surface area contributed by atoms with Crippen LogP contribution in [0.1, 0.15) is 59.3 Å². The highest BCUT2D eigenvalue weighted by atomic mass is 16.6. The average molecular weight is 258 g/mol.